The van der Waals surface area contributed by atoms with E-state index in [0.717, 1.165) is 36.1 Å². The maximum absolute atomic E-state index is 14.9. The molecule has 1 aliphatic heterocycles. The van der Waals surface area contributed by atoms with Crippen molar-refractivity contribution in [2.24, 2.45) is 0 Å². The second-order valence-corrected chi connectivity index (χ2v) is 7.14. The molecule has 2 aromatic carbocycles. The van der Waals surface area contributed by atoms with E-state index < -0.39 is 53.5 Å². The van der Waals surface area contributed by atoms with Crippen molar-refractivity contribution >= 4 is 23.0 Å². The van der Waals surface area contributed by atoms with Gasteiger partial charge in [0, 0.05) is 24.1 Å². The third kappa shape index (κ3) is 4.13. The van der Waals surface area contributed by atoms with Crippen molar-refractivity contribution in [1.29, 1.82) is 0 Å². The summed E-state index contributed by atoms with van der Waals surface area (Å²) in [7, 11) is 0. The van der Waals surface area contributed by atoms with Crippen molar-refractivity contribution in [3.05, 3.63) is 70.8 Å². The molecule has 0 aliphatic carbocycles. The summed E-state index contributed by atoms with van der Waals surface area (Å²) in [6.07, 6.45) is -4.80. The normalized spacial score (nSPS) is 17.4. The van der Waals surface area contributed by atoms with Crippen molar-refractivity contribution in [3.8, 4) is 0 Å². The van der Waals surface area contributed by atoms with Gasteiger partial charge in [0.25, 0.3) is 11.8 Å². The predicted molar refractivity (Wildman–Crippen MR) is 103 cm³/mol. The Hall–Kier alpha value is -3.03. The number of allylic oxidation sites excluding steroid dienone is 2. The van der Waals surface area contributed by atoms with Crippen LogP contribution in [0.2, 0.25) is 0 Å². The molecule has 0 unspecified atom stereocenters. The van der Waals surface area contributed by atoms with Crippen LogP contribution in [0.3, 0.4) is 0 Å². The van der Waals surface area contributed by atoms with Crippen LogP contribution in [-0.4, -0.2) is 24.2 Å². The van der Waals surface area contributed by atoms with Gasteiger partial charge in [-0.3, -0.25) is 9.59 Å². The topological polar surface area (TPSA) is 37.4 Å². The molecule has 0 saturated heterocycles. The number of hydrogen-bond acceptors (Lipinski definition) is 2. The highest BCUT2D eigenvalue weighted by Gasteiger charge is 2.42. The lowest BCUT2D eigenvalue weighted by Gasteiger charge is -2.24. The van der Waals surface area contributed by atoms with Crippen LogP contribution in [0.5, 0.6) is 0 Å². The monoisotopic (exact) mass is 423 g/mol. The molecular formula is C22H18F5NO2. The third-order valence-electron chi connectivity index (χ3n) is 4.83. The van der Waals surface area contributed by atoms with Crippen LogP contribution in [0, 0.1) is 6.92 Å². The fourth-order valence-electron chi connectivity index (χ4n) is 3.47. The Labute approximate surface area is 169 Å². The van der Waals surface area contributed by atoms with E-state index in [0.29, 0.717) is 5.56 Å². The molecule has 0 spiro atoms. The molecule has 1 aliphatic rings. The lowest BCUT2D eigenvalue weighted by Crippen LogP contribution is -2.34. The maximum atomic E-state index is 14.9. The van der Waals surface area contributed by atoms with E-state index in [-0.39, 0.29) is 11.3 Å². The van der Waals surface area contributed by atoms with Crippen molar-refractivity contribution in [1.82, 2.24) is 0 Å². The molecular weight excluding hydrogens is 405 g/mol. The molecule has 0 radical (unpaired) electrons. The van der Waals surface area contributed by atoms with Gasteiger partial charge in [-0.2, -0.15) is 13.2 Å². The van der Waals surface area contributed by atoms with Gasteiger partial charge in [0.2, 0.25) is 0 Å². The zero-order chi connectivity index (χ0) is 22.3. The first-order chi connectivity index (χ1) is 13.9. The molecule has 0 aromatic heterocycles. The number of benzene rings is 2. The molecule has 0 N–H and O–H groups in total. The number of fused-ring (bicyclic) bond motifs is 1. The second-order valence-electron chi connectivity index (χ2n) is 7.14. The molecule has 0 fully saturated rings. The SMILES string of the molecule is CC(=O)/C=C1/c2cc(C)ccc2N(C(=O)c2ccccc2C(F)(F)F)CCC1(F)F. The number of ketones is 1. The van der Waals surface area contributed by atoms with Gasteiger partial charge in [-0.1, -0.05) is 23.8 Å². The van der Waals surface area contributed by atoms with Gasteiger partial charge in [0.1, 0.15) is 0 Å². The second kappa shape index (κ2) is 7.66. The first kappa shape index (κ1) is 21.7. The Kier molecular flexibility index (Phi) is 5.54. The summed E-state index contributed by atoms with van der Waals surface area (Å²) < 4.78 is 69.9. The van der Waals surface area contributed by atoms with Crippen LogP contribution in [0.25, 0.3) is 5.57 Å². The van der Waals surface area contributed by atoms with Gasteiger partial charge in [0.15, 0.2) is 5.78 Å². The molecule has 0 bridgehead atoms. The van der Waals surface area contributed by atoms with Crippen LogP contribution in [0.1, 0.15) is 40.4 Å². The van der Waals surface area contributed by atoms with Crippen molar-refractivity contribution in [2.45, 2.75) is 32.4 Å². The molecule has 1 heterocycles. The molecule has 0 saturated carbocycles. The lowest BCUT2D eigenvalue weighted by molar-refractivity contribution is -0.137. The molecule has 1 amide bonds. The minimum absolute atomic E-state index is 0.0345. The number of rotatable bonds is 2. The summed E-state index contributed by atoms with van der Waals surface area (Å²) in [6, 6.07) is 8.62. The number of hydrogen-bond donors (Lipinski definition) is 0. The summed E-state index contributed by atoms with van der Waals surface area (Å²) in [4.78, 5) is 25.6. The summed E-state index contributed by atoms with van der Waals surface area (Å²) >= 11 is 0. The summed E-state index contributed by atoms with van der Waals surface area (Å²) in [5, 5.41) is 0. The average molecular weight is 423 g/mol. The first-order valence-electron chi connectivity index (χ1n) is 9.11. The Morgan fingerprint density at radius 1 is 1.10 bits per heavy atom. The number of aryl methyl sites for hydroxylation is 1. The van der Waals surface area contributed by atoms with E-state index in [9.17, 15) is 31.5 Å². The minimum atomic E-state index is -4.78. The summed E-state index contributed by atoms with van der Waals surface area (Å²) in [6.45, 7) is 2.27. The van der Waals surface area contributed by atoms with Crippen molar-refractivity contribution in [3.63, 3.8) is 0 Å². The zero-order valence-corrected chi connectivity index (χ0v) is 16.2. The zero-order valence-electron chi connectivity index (χ0n) is 16.2. The first-order valence-corrected chi connectivity index (χ1v) is 9.11. The number of alkyl halides is 5. The highest BCUT2D eigenvalue weighted by Crippen LogP contribution is 2.44. The van der Waals surface area contributed by atoms with Crippen LogP contribution in [0.15, 0.2) is 48.5 Å². The number of carbonyl (C=O) groups excluding carboxylic acids is 2. The third-order valence-corrected chi connectivity index (χ3v) is 4.83. The number of carbonyl (C=O) groups is 2. The predicted octanol–water partition coefficient (Wildman–Crippen LogP) is 5.67. The number of amides is 1. The van der Waals surface area contributed by atoms with E-state index in [1.54, 1.807) is 13.0 Å². The fraction of sp³-hybridized carbons (Fsp3) is 0.273. The van der Waals surface area contributed by atoms with Gasteiger partial charge in [-0.15, -0.1) is 0 Å². The standard InChI is InChI=1S/C22H18F5NO2/c1-13-7-8-19-16(11-13)18(12-14(2)29)21(23,24)9-10-28(19)20(30)15-5-3-4-6-17(15)22(25,26)27/h3-8,11-12H,9-10H2,1-2H3/b18-12-. The Morgan fingerprint density at radius 3 is 2.40 bits per heavy atom. The number of anilines is 1. The minimum Gasteiger partial charge on any atom is -0.307 e. The van der Waals surface area contributed by atoms with E-state index in [1.807, 2.05) is 0 Å². The lowest BCUT2D eigenvalue weighted by atomic mass is 9.95. The Bertz CT molecular complexity index is 1040. The van der Waals surface area contributed by atoms with E-state index >= 15 is 0 Å². The number of nitrogens with zero attached hydrogens (tertiary/aromatic N) is 1. The molecule has 30 heavy (non-hydrogen) atoms. The number of halogens is 5. The smallest absolute Gasteiger partial charge is 0.307 e. The van der Waals surface area contributed by atoms with E-state index in [2.05, 4.69) is 0 Å². The largest absolute Gasteiger partial charge is 0.417 e. The van der Waals surface area contributed by atoms with Gasteiger partial charge < -0.3 is 4.90 Å². The van der Waals surface area contributed by atoms with Crippen molar-refractivity contribution < 1.29 is 31.5 Å². The van der Waals surface area contributed by atoms with E-state index in [4.69, 9.17) is 0 Å². The Balaban J connectivity index is 2.21. The highest BCUT2D eigenvalue weighted by molar-refractivity contribution is 6.10. The molecule has 8 heteroatoms. The van der Waals surface area contributed by atoms with Gasteiger partial charge in [-0.05, 0) is 44.2 Å². The highest BCUT2D eigenvalue weighted by atomic mass is 19.4. The summed E-state index contributed by atoms with van der Waals surface area (Å²) in [5.74, 6) is -5.07. The fourth-order valence-corrected chi connectivity index (χ4v) is 3.47. The van der Waals surface area contributed by atoms with Crippen molar-refractivity contribution in [2.75, 3.05) is 11.4 Å². The molecule has 2 aromatic rings. The van der Waals surface area contributed by atoms with Crippen LogP contribution < -0.4 is 4.90 Å². The molecule has 3 nitrogen and oxygen atoms in total. The summed E-state index contributed by atoms with van der Waals surface area (Å²) in [5.41, 5.74) is -1.73. The van der Waals surface area contributed by atoms with Gasteiger partial charge in [0.05, 0.1) is 16.8 Å². The van der Waals surface area contributed by atoms with Crippen LogP contribution >= 0.6 is 0 Å². The maximum Gasteiger partial charge on any atom is 0.417 e. The van der Waals surface area contributed by atoms with Gasteiger partial charge >= 0.3 is 6.18 Å². The quantitative estimate of drug-likeness (QED) is 0.461. The average Bonchev–Trinajstić information content (AvgIpc) is 2.75. The van der Waals surface area contributed by atoms with Crippen LogP contribution in [0.4, 0.5) is 27.6 Å². The molecule has 3 rings (SSSR count). The van der Waals surface area contributed by atoms with E-state index in [1.165, 1.54) is 18.2 Å². The Morgan fingerprint density at radius 2 is 1.77 bits per heavy atom. The molecule has 0 atom stereocenters. The van der Waals surface area contributed by atoms with Gasteiger partial charge in [-0.25, -0.2) is 8.78 Å². The van der Waals surface area contributed by atoms with Crippen LogP contribution in [-0.2, 0) is 11.0 Å². The molecule has 158 valence electrons.